The van der Waals surface area contributed by atoms with Crippen LogP contribution >= 0.6 is 0 Å². The van der Waals surface area contributed by atoms with Crippen LogP contribution in [0.25, 0.3) is 0 Å². The Bertz CT molecular complexity index is 783. The Labute approximate surface area is 277 Å². The zero-order valence-electron chi connectivity index (χ0n) is 29.7. The van der Waals surface area contributed by atoms with Gasteiger partial charge in [0.15, 0.2) is 6.29 Å². The summed E-state index contributed by atoms with van der Waals surface area (Å²) in [6.45, 7) is 5.87. The Morgan fingerprint density at radius 1 is 0.600 bits per heavy atom. The smallest absolute Gasteiger partial charge is 0.337 e. The molecule has 0 aliphatic heterocycles. The van der Waals surface area contributed by atoms with E-state index in [0.29, 0.717) is 29.9 Å². The van der Waals surface area contributed by atoms with E-state index in [1.54, 1.807) is 13.8 Å². The van der Waals surface area contributed by atoms with Crippen molar-refractivity contribution >= 4 is 11.9 Å². The van der Waals surface area contributed by atoms with Crippen LogP contribution in [-0.2, 0) is 19.1 Å². The fraction of sp³-hybridized carbons (Fsp3) is 0.900. The summed E-state index contributed by atoms with van der Waals surface area (Å²) in [7, 11) is 0. The van der Waals surface area contributed by atoms with Crippen LogP contribution in [0.5, 0.6) is 0 Å². The number of carboxylic acids is 1. The maximum absolute atomic E-state index is 14.8. The van der Waals surface area contributed by atoms with E-state index in [9.17, 15) is 14.7 Å². The predicted molar refractivity (Wildman–Crippen MR) is 185 cm³/mol. The molecule has 1 atom stereocenters. The first-order chi connectivity index (χ1) is 21.9. The summed E-state index contributed by atoms with van der Waals surface area (Å²) in [6.07, 6.45) is 32.1. The van der Waals surface area contributed by atoms with Crippen LogP contribution in [-0.4, -0.2) is 29.9 Å². The Morgan fingerprint density at radius 3 is 1.16 bits per heavy atom. The summed E-state index contributed by atoms with van der Waals surface area (Å²) >= 11 is 0. The second-order valence-electron chi connectivity index (χ2n) is 14.9. The van der Waals surface area contributed by atoms with Crippen molar-refractivity contribution < 1.29 is 24.2 Å². The average molecular weight is 631 g/mol. The summed E-state index contributed by atoms with van der Waals surface area (Å²) in [6, 6.07) is 0. The van der Waals surface area contributed by atoms with Crippen molar-refractivity contribution in [1.29, 1.82) is 0 Å². The monoisotopic (exact) mass is 631 g/mol. The Morgan fingerprint density at radius 2 is 0.889 bits per heavy atom. The zero-order valence-corrected chi connectivity index (χ0v) is 29.7. The Kier molecular flexibility index (Phi) is 18.2. The lowest BCUT2D eigenvalue weighted by atomic mass is 9.49. The zero-order chi connectivity index (χ0) is 32.3. The van der Waals surface area contributed by atoms with Crippen molar-refractivity contribution in [3.05, 3.63) is 11.1 Å². The van der Waals surface area contributed by atoms with E-state index >= 15 is 0 Å². The highest BCUT2D eigenvalue weighted by molar-refractivity contribution is 6.00. The van der Waals surface area contributed by atoms with Crippen molar-refractivity contribution in [3.8, 4) is 0 Å². The molecular formula is C40H70O5. The van der Waals surface area contributed by atoms with Gasteiger partial charge in [-0.1, -0.05) is 135 Å². The molecular weight excluding hydrogens is 560 g/mol. The lowest BCUT2D eigenvalue weighted by Crippen LogP contribution is -2.50. The van der Waals surface area contributed by atoms with Gasteiger partial charge in [0.25, 0.3) is 0 Å². The molecule has 260 valence electrons. The van der Waals surface area contributed by atoms with Gasteiger partial charge in [-0.05, 0) is 77.0 Å². The first kappa shape index (κ1) is 38.1. The molecule has 45 heavy (non-hydrogen) atoms. The number of carbonyl (C=O) groups is 2. The lowest BCUT2D eigenvalue weighted by molar-refractivity contribution is -0.173. The van der Waals surface area contributed by atoms with Gasteiger partial charge in [0, 0.05) is 17.6 Å². The summed E-state index contributed by atoms with van der Waals surface area (Å²) in [5.74, 6) is -0.473. The van der Waals surface area contributed by atoms with Crippen LogP contribution in [0.4, 0.5) is 0 Å². The van der Waals surface area contributed by atoms with Gasteiger partial charge in [0.05, 0.1) is 5.57 Å². The van der Waals surface area contributed by atoms with Crippen molar-refractivity contribution in [1.82, 2.24) is 0 Å². The topological polar surface area (TPSA) is 72.8 Å². The normalized spacial score (nSPS) is 23.7. The number of carbonyl (C=O) groups excluding carboxylic acids is 1. The highest BCUT2D eigenvalue weighted by Crippen LogP contribution is 2.59. The molecule has 3 aliphatic carbocycles. The number of ether oxygens (including phenoxy) is 2. The third-order valence-electron chi connectivity index (χ3n) is 11.8. The first-order valence-corrected chi connectivity index (χ1v) is 19.7. The molecule has 5 nitrogen and oxygen atoms in total. The molecule has 0 spiro atoms. The van der Waals surface area contributed by atoms with Crippen molar-refractivity contribution in [2.75, 3.05) is 6.61 Å². The summed E-state index contributed by atoms with van der Waals surface area (Å²) in [4.78, 5) is 27.9. The fourth-order valence-corrected chi connectivity index (χ4v) is 9.71. The van der Waals surface area contributed by atoms with Gasteiger partial charge in [-0.15, -0.1) is 0 Å². The second-order valence-corrected chi connectivity index (χ2v) is 14.9. The van der Waals surface area contributed by atoms with Gasteiger partial charge >= 0.3 is 11.9 Å². The van der Waals surface area contributed by atoms with Crippen LogP contribution in [0.15, 0.2) is 11.1 Å². The van der Waals surface area contributed by atoms with E-state index in [2.05, 4.69) is 0 Å². The van der Waals surface area contributed by atoms with Crippen molar-refractivity contribution in [2.45, 2.75) is 200 Å². The standard InChI is InChI=1S/C40H70O5/c1-4-44-33(3)45-39(43)37(32(2)38(41)42)40(34-26-20-14-8-5-9-15-21-27-34,35-28-22-16-10-6-11-17-23-29-35)36-30-24-18-12-7-13-19-25-31-36/h33-36H,4-31H2,1-3H3,(H,41,42). The number of hydrogen-bond acceptors (Lipinski definition) is 4. The maximum Gasteiger partial charge on any atom is 0.337 e. The molecule has 0 heterocycles. The molecule has 5 heteroatoms. The van der Waals surface area contributed by atoms with E-state index in [-0.39, 0.29) is 5.57 Å². The number of esters is 1. The van der Waals surface area contributed by atoms with Crippen molar-refractivity contribution in [3.63, 3.8) is 0 Å². The predicted octanol–water partition coefficient (Wildman–Crippen LogP) is 11.7. The van der Waals surface area contributed by atoms with Gasteiger partial charge in [-0.25, -0.2) is 9.59 Å². The van der Waals surface area contributed by atoms with Gasteiger partial charge in [-0.2, -0.15) is 0 Å². The molecule has 0 amide bonds. The van der Waals surface area contributed by atoms with Crippen LogP contribution in [0, 0.1) is 23.2 Å². The van der Waals surface area contributed by atoms with Gasteiger partial charge in [0.2, 0.25) is 0 Å². The fourth-order valence-electron chi connectivity index (χ4n) is 9.71. The molecule has 3 aliphatic rings. The van der Waals surface area contributed by atoms with E-state index in [1.165, 1.54) is 135 Å². The molecule has 0 saturated heterocycles. The van der Waals surface area contributed by atoms with Gasteiger partial charge in [0.1, 0.15) is 0 Å². The van der Waals surface area contributed by atoms with Crippen LogP contribution in [0.2, 0.25) is 0 Å². The quantitative estimate of drug-likeness (QED) is 0.156. The van der Waals surface area contributed by atoms with Crippen LogP contribution < -0.4 is 0 Å². The highest BCUT2D eigenvalue weighted by Gasteiger charge is 2.55. The number of hydrogen-bond donors (Lipinski definition) is 1. The minimum absolute atomic E-state index is 0.231. The molecule has 0 radical (unpaired) electrons. The van der Waals surface area contributed by atoms with Gasteiger partial charge in [-0.3, -0.25) is 0 Å². The average Bonchev–Trinajstić information content (AvgIpc) is 3.03. The third-order valence-corrected chi connectivity index (χ3v) is 11.8. The van der Waals surface area contributed by atoms with Crippen molar-refractivity contribution in [2.24, 2.45) is 23.2 Å². The number of rotatable bonds is 9. The van der Waals surface area contributed by atoms with E-state index < -0.39 is 23.6 Å². The molecule has 3 fully saturated rings. The molecule has 0 aromatic rings. The SMILES string of the molecule is CCOC(C)OC(=O)C(=C(C)C(=O)O)C(C1CCCCCCCCC1)(C1CCCCCCCCC1)C1CCCCCCCCC1. The number of carboxylic acid groups (broad SMARTS) is 1. The molecule has 3 saturated carbocycles. The highest BCUT2D eigenvalue weighted by atomic mass is 16.7. The van der Waals surface area contributed by atoms with E-state index in [4.69, 9.17) is 9.47 Å². The molecule has 0 aromatic carbocycles. The van der Waals surface area contributed by atoms with Crippen LogP contribution in [0.1, 0.15) is 194 Å². The molecule has 1 N–H and O–H groups in total. The minimum atomic E-state index is -0.963. The van der Waals surface area contributed by atoms with Crippen LogP contribution in [0.3, 0.4) is 0 Å². The molecule has 0 aromatic heterocycles. The Hall–Kier alpha value is -1.36. The number of aliphatic carboxylic acids is 1. The van der Waals surface area contributed by atoms with Gasteiger partial charge < -0.3 is 14.6 Å². The largest absolute Gasteiger partial charge is 0.478 e. The molecule has 1 unspecified atom stereocenters. The maximum atomic E-state index is 14.8. The molecule has 3 rings (SSSR count). The minimum Gasteiger partial charge on any atom is -0.478 e. The first-order valence-electron chi connectivity index (χ1n) is 19.7. The van der Waals surface area contributed by atoms with E-state index in [0.717, 1.165) is 38.5 Å². The Balaban J connectivity index is 2.31. The van der Waals surface area contributed by atoms with E-state index in [1.807, 2.05) is 6.92 Å². The molecule has 0 bridgehead atoms. The summed E-state index contributed by atoms with van der Waals surface area (Å²) < 4.78 is 11.9. The second kappa shape index (κ2) is 21.5. The summed E-state index contributed by atoms with van der Waals surface area (Å²) in [5.41, 5.74) is 0.283. The third kappa shape index (κ3) is 11.7. The lowest BCUT2D eigenvalue weighted by Gasteiger charge is -2.54. The summed E-state index contributed by atoms with van der Waals surface area (Å²) in [5, 5.41) is 10.7.